The van der Waals surface area contributed by atoms with Gasteiger partial charge in [0.1, 0.15) is 0 Å². The van der Waals surface area contributed by atoms with Gasteiger partial charge in [-0.25, -0.2) is 0 Å². The fraction of sp³-hybridized carbons (Fsp3) is 1.00. The lowest BCUT2D eigenvalue weighted by molar-refractivity contribution is -0.136. The van der Waals surface area contributed by atoms with Crippen molar-refractivity contribution in [3.8, 4) is 0 Å². The monoisotopic (exact) mass is 224 g/mol. The molecule has 2 nitrogen and oxygen atoms in total. The van der Waals surface area contributed by atoms with Crippen molar-refractivity contribution in [2.24, 2.45) is 0 Å². The van der Waals surface area contributed by atoms with E-state index in [4.69, 9.17) is 0 Å². The van der Waals surface area contributed by atoms with Crippen molar-refractivity contribution >= 4 is 0 Å². The minimum atomic E-state index is -4.00. The first-order chi connectivity index (χ1) is 7.08. The number of nitrogens with one attached hydrogen (secondary N) is 1. The predicted octanol–water partition coefficient (Wildman–Crippen LogP) is 2.01. The fourth-order valence-electron chi connectivity index (χ4n) is 1.82. The van der Waals surface area contributed by atoms with Gasteiger partial charge >= 0.3 is 6.18 Å². The fourth-order valence-corrected chi connectivity index (χ4v) is 1.82. The molecule has 1 saturated heterocycles. The van der Waals surface area contributed by atoms with Crippen molar-refractivity contribution < 1.29 is 13.2 Å². The molecule has 0 radical (unpaired) electrons. The Morgan fingerprint density at radius 2 is 1.67 bits per heavy atom. The summed E-state index contributed by atoms with van der Waals surface area (Å²) in [5, 5.41) is 3.28. The summed E-state index contributed by atoms with van der Waals surface area (Å²) in [6.45, 7) is 4.39. The number of alkyl halides is 3. The summed E-state index contributed by atoms with van der Waals surface area (Å²) in [6, 6.07) is 0. The highest BCUT2D eigenvalue weighted by atomic mass is 19.4. The van der Waals surface area contributed by atoms with Crippen LogP contribution in [0.2, 0.25) is 0 Å². The molecule has 15 heavy (non-hydrogen) atoms. The van der Waals surface area contributed by atoms with E-state index in [1.54, 1.807) is 0 Å². The Morgan fingerprint density at radius 3 is 2.20 bits per heavy atom. The summed E-state index contributed by atoms with van der Waals surface area (Å²) >= 11 is 0. The second-order valence-electron chi connectivity index (χ2n) is 4.02. The van der Waals surface area contributed by atoms with Crippen molar-refractivity contribution in [1.29, 1.82) is 0 Å². The smallest absolute Gasteiger partial charge is 0.317 e. The third-order valence-corrected chi connectivity index (χ3v) is 2.59. The SMILES string of the molecule is FC(F)(F)CCCN1CCCNCCC1. The van der Waals surface area contributed by atoms with Crippen molar-refractivity contribution in [2.75, 3.05) is 32.7 Å². The second-order valence-corrected chi connectivity index (χ2v) is 4.02. The van der Waals surface area contributed by atoms with Crippen molar-refractivity contribution in [2.45, 2.75) is 31.9 Å². The number of halogens is 3. The highest BCUT2D eigenvalue weighted by Crippen LogP contribution is 2.21. The summed E-state index contributed by atoms with van der Waals surface area (Å²) < 4.78 is 35.8. The number of hydrogen-bond acceptors (Lipinski definition) is 2. The molecule has 0 aromatic rings. The van der Waals surface area contributed by atoms with Crippen LogP contribution < -0.4 is 5.32 Å². The molecule has 1 rings (SSSR count). The molecule has 0 saturated carbocycles. The van der Waals surface area contributed by atoms with E-state index in [1.165, 1.54) is 0 Å². The normalized spacial score (nSPS) is 21.0. The predicted molar refractivity (Wildman–Crippen MR) is 53.8 cm³/mol. The molecule has 1 aliphatic rings. The molecule has 0 aromatic heterocycles. The summed E-state index contributed by atoms with van der Waals surface area (Å²) in [6.07, 6.45) is -2.35. The molecular weight excluding hydrogens is 205 g/mol. The first kappa shape index (κ1) is 12.8. The Bertz CT molecular complexity index is 163. The average molecular weight is 224 g/mol. The van der Waals surface area contributed by atoms with Gasteiger partial charge in [-0.15, -0.1) is 0 Å². The second kappa shape index (κ2) is 6.33. The molecule has 0 aromatic carbocycles. The Morgan fingerprint density at radius 1 is 1.07 bits per heavy atom. The van der Waals surface area contributed by atoms with E-state index in [0.717, 1.165) is 39.0 Å². The quantitative estimate of drug-likeness (QED) is 0.789. The van der Waals surface area contributed by atoms with E-state index in [-0.39, 0.29) is 6.42 Å². The number of nitrogens with zero attached hydrogens (tertiary/aromatic N) is 1. The van der Waals surface area contributed by atoms with Crippen LogP contribution in [0.5, 0.6) is 0 Å². The lowest BCUT2D eigenvalue weighted by atomic mass is 10.2. The first-order valence-corrected chi connectivity index (χ1v) is 5.58. The number of hydrogen-bond donors (Lipinski definition) is 1. The molecule has 0 bridgehead atoms. The molecule has 0 spiro atoms. The van der Waals surface area contributed by atoms with Crippen molar-refractivity contribution in [3.05, 3.63) is 0 Å². The zero-order valence-corrected chi connectivity index (χ0v) is 8.95. The van der Waals surface area contributed by atoms with Gasteiger partial charge in [0.15, 0.2) is 0 Å². The molecule has 5 heteroatoms. The van der Waals surface area contributed by atoms with Gasteiger partial charge in [0, 0.05) is 6.42 Å². The molecular formula is C10H19F3N2. The highest BCUT2D eigenvalue weighted by Gasteiger charge is 2.26. The van der Waals surface area contributed by atoms with Crippen LogP contribution in [0.1, 0.15) is 25.7 Å². The van der Waals surface area contributed by atoms with Crippen LogP contribution in [-0.4, -0.2) is 43.8 Å². The zero-order chi connectivity index (χ0) is 11.1. The first-order valence-electron chi connectivity index (χ1n) is 5.58. The van der Waals surface area contributed by atoms with Gasteiger partial charge in [0.25, 0.3) is 0 Å². The summed E-state index contributed by atoms with van der Waals surface area (Å²) in [5.74, 6) is 0. The van der Waals surface area contributed by atoms with E-state index < -0.39 is 12.6 Å². The van der Waals surface area contributed by atoms with Gasteiger partial charge in [0.2, 0.25) is 0 Å². The Balaban J connectivity index is 2.12. The van der Waals surface area contributed by atoms with Crippen LogP contribution in [-0.2, 0) is 0 Å². The van der Waals surface area contributed by atoms with Crippen LogP contribution in [0, 0.1) is 0 Å². The molecule has 90 valence electrons. The van der Waals surface area contributed by atoms with Crippen LogP contribution in [0.4, 0.5) is 13.2 Å². The summed E-state index contributed by atoms with van der Waals surface area (Å²) in [7, 11) is 0. The minimum absolute atomic E-state index is 0.233. The van der Waals surface area contributed by atoms with Crippen LogP contribution in [0.25, 0.3) is 0 Å². The molecule has 0 aliphatic carbocycles. The van der Waals surface area contributed by atoms with Gasteiger partial charge in [-0.3, -0.25) is 0 Å². The van der Waals surface area contributed by atoms with Crippen LogP contribution in [0.15, 0.2) is 0 Å². The van der Waals surface area contributed by atoms with E-state index in [9.17, 15) is 13.2 Å². The zero-order valence-electron chi connectivity index (χ0n) is 8.95. The third-order valence-electron chi connectivity index (χ3n) is 2.59. The molecule has 1 fully saturated rings. The maximum absolute atomic E-state index is 11.9. The topological polar surface area (TPSA) is 15.3 Å². The molecule has 0 unspecified atom stereocenters. The lowest BCUT2D eigenvalue weighted by Gasteiger charge is -2.24. The maximum atomic E-state index is 11.9. The molecule has 0 amide bonds. The van der Waals surface area contributed by atoms with E-state index in [2.05, 4.69) is 10.2 Å². The number of rotatable bonds is 3. The van der Waals surface area contributed by atoms with Gasteiger partial charge in [-0.05, 0) is 52.0 Å². The highest BCUT2D eigenvalue weighted by molar-refractivity contribution is 4.65. The lowest BCUT2D eigenvalue weighted by Crippen LogP contribution is -2.34. The van der Waals surface area contributed by atoms with Gasteiger partial charge < -0.3 is 10.2 Å². The average Bonchev–Trinajstić information content (AvgIpc) is 2.06. The largest absolute Gasteiger partial charge is 0.389 e. The summed E-state index contributed by atoms with van der Waals surface area (Å²) in [4.78, 5) is 2.15. The molecule has 1 heterocycles. The van der Waals surface area contributed by atoms with E-state index >= 15 is 0 Å². The van der Waals surface area contributed by atoms with E-state index in [0.29, 0.717) is 6.54 Å². The van der Waals surface area contributed by atoms with Gasteiger partial charge in [-0.1, -0.05) is 0 Å². The molecule has 0 atom stereocenters. The van der Waals surface area contributed by atoms with Gasteiger partial charge in [-0.2, -0.15) is 13.2 Å². The Labute approximate surface area is 88.8 Å². The van der Waals surface area contributed by atoms with Crippen LogP contribution >= 0.6 is 0 Å². The molecule has 1 N–H and O–H groups in total. The maximum Gasteiger partial charge on any atom is 0.389 e. The standard InChI is InChI=1S/C10H19F3N2/c11-10(12,13)4-1-7-15-8-2-5-14-6-3-9-15/h14H,1-9H2. The Kier molecular flexibility index (Phi) is 5.39. The van der Waals surface area contributed by atoms with Crippen molar-refractivity contribution in [3.63, 3.8) is 0 Å². The minimum Gasteiger partial charge on any atom is -0.317 e. The third kappa shape index (κ3) is 6.73. The Hall–Kier alpha value is -0.290. The van der Waals surface area contributed by atoms with Crippen LogP contribution in [0.3, 0.4) is 0 Å². The summed E-state index contributed by atoms with van der Waals surface area (Å²) in [5.41, 5.74) is 0. The van der Waals surface area contributed by atoms with Gasteiger partial charge in [0.05, 0.1) is 0 Å². The van der Waals surface area contributed by atoms with E-state index in [1.807, 2.05) is 0 Å². The molecule has 1 aliphatic heterocycles. The van der Waals surface area contributed by atoms with Crippen molar-refractivity contribution in [1.82, 2.24) is 10.2 Å².